The third-order valence-electron chi connectivity index (χ3n) is 5.16. The number of anilines is 1. The van der Waals surface area contributed by atoms with Crippen LogP contribution >= 0.6 is 11.6 Å². The number of esters is 1. The van der Waals surface area contributed by atoms with Crippen molar-refractivity contribution in [1.29, 1.82) is 0 Å². The average molecular weight is 472 g/mol. The molecule has 0 bridgehead atoms. The maximum atomic E-state index is 12.5. The minimum atomic E-state index is -0.778. The number of nitrogens with zero attached hydrogens (tertiary/aromatic N) is 1. The van der Waals surface area contributed by atoms with Crippen molar-refractivity contribution in [2.75, 3.05) is 18.5 Å². The van der Waals surface area contributed by atoms with Gasteiger partial charge in [-0.25, -0.2) is 0 Å². The highest BCUT2D eigenvalue weighted by Gasteiger charge is 2.36. The standard InChI is InChI=1S/C24H26ClN3O5/c1-24(2,3)17-9-7-15(8-10-17)22(31)27-28-13-16(11-21(28)30)23(32)33-14-20(29)26-19-6-4-5-18(25)12-19/h4-10,12,16H,11,13-14H2,1-3H3,(H,26,29)(H,27,31)/t16-/m1/s1. The van der Waals surface area contributed by atoms with E-state index < -0.39 is 36.2 Å². The molecule has 0 radical (unpaired) electrons. The second kappa shape index (κ2) is 10.0. The molecule has 174 valence electrons. The lowest BCUT2D eigenvalue weighted by molar-refractivity contribution is -0.151. The van der Waals surface area contributed by atoms with Crippen LogP contribution in [-0.2, 0) is 24.5 Å². The fourth-order valence-corrected chi connectivity index (χ4v) is 3.49. The van der Waals surface area contributed by atoms with E-state index in [-0.39, 0.29) is 18.4 Å². The van der Waals surface area contributed by atoms with Crippen LogP contribution in [0.25, 0.3) is 0 Å². The Labute approximate surface area is 197 Å². The molecule has 1 aliphatic heterocycles. The first-order valence-corrected chi connectivity index (χ1v) is 10.8. The summed E-state index contributed by atoms with van der Waals surface area (Å²) in [4.78, 5) is 49.1. The SMILES string of the molecule is CC(C)(C)c1ccc(C(=O)NN2C[C@H](C(=O)OCC(=O)Nc3cccc(Cl)c3)CC2=O)cc1. The zero-order valence-electron chi connectivity index (χ0n) is 18.7. The number of carbonyl (C=O) groups is 4. The van der Waals surface area contributed by atoms with E-state index in [0.29, 0.717) is 16.3 Å². The minimum Gasteiger partial charge on any atom is -0.455 e. The number of ether oxygens (including phenoxy) is 1. The lowest BCUT2D eigenvalue weighted by Gasteiger charge is -2.20. The van der Waals surface area contributed by atoms with Gasteiger partial charge in [0.2, 0.25) is 5.91 Å². The summed E-state index contributed by atoms with van der Waals surface area (Å²) in [6.07, 6.45) is -0.113. The monoisotopic (exact) mass is 471 g/mol. The second-order valence-electron chi connectivity index (χ2n) is 8.84. The van der Waals surface area contributed by atoms with Crippen molar-refractivity contribution in [3.8, 4) is 0 Å². The Bertz CT molecular complexity index is 1060. The Morgan fingerprint density at radius 1 is 1.12 bits per heavy atom. The zero-order valence-corrected chi connectivity index (χ0v) is 19.4. The topological polar surface area (TPSA) is 105 Å². The van der Waals surface area contributed by atoms with Crippen LogP contribution < -0.4 is 10.7 Å². The van der Waals surface area contributed by atoms with Gasteiger partial charge in [0.1, 0.15) is 0 Å². The molecule has 1 heterocycles. The molecule has 0 aliphatic carbocycles. The van der Waals surface area contributed by atoms with Crippen LogP contribution in [0.4, 0.5) is 5.69 Å². The summed E-state index contributed by atoms with van der Waals surface area (Å²) in [5.41, 5.74) is 4.45. The number of nitrogens with one attached hydrogen (secondary N) is 2. The molecule has 0 unspecified atom stereocenters. The van der Waals surface area contributed by atoms with E-state index in [1.165, 1.54) is 0 Å². The Kier molecular flexibility index (Phi) is 7.38. The van der Waals surface area contributed by atoms with Gasteiger partial charge in [-0.05, 0) is 41.3 Å². The molecule has 1 saturated heterocycles. The van der Waals surface area contributed by atoms with Crippen LogP contribution in [0.2, 0.25) is 5.02 Å². The number of amides is 3. The van der Waals surface area contributed by atoms with Crippen molar-refractivity contribution in [2.45, 2.75) is 32.6 Å². The van der Waals surface area contributed by atoms with E-state index >= 15 is 0 Å². The average Bonchev–Trinajstić information content (AvgIpc) is 3.12. The Hall–Kier alpha value is -3.39. The number of hydrogen-bond acceptors (Lipinski definition) is 5. The summed E-state index contributed by atoms with van der Waals surface area (Å²) in [6, 6.07) is 13.7. The highest BCUT2D eigenvalue weighted by atomic mass is 35.5. The first-order valence-electron chi connectivity index (χ1n) is 10.5. The van der Waals surface area contributed by atoms with E-state index in [9.17, 15) is 19.2 Å². The lowest BCUT2D eigenvalue weighted by atomic mass is 9.87. The molecule has 1 aliphatic rings. The van der Waals surface area contributed by atoms with E-state index in [1.807, 2.05) is 12.1 Å². The molecule has 0 aromatic heterocycles. The van der Waals surface area contributed by atoms with Crippen molar-refractivity contribution >= 4 is 41.0 Å². The molecule has 0 saturated carbocycles. The van der Waals surface area contributed by atoms with Crippen LogP contribution in [0.3, 0.4) is 0 Å². The highest BCUT2D eigenvalue weighted by molar-refractivity contribution is 6.30. The Morgan fingerprint density at radius 3 is 2.45 bits per heavy atom. The second-order valence-corrected chi connectivity index (χ2v) is 9.28. The number of benzene rings is 2. The third kappa shape index (κ3) is 6.55. The van der Waals surface area contributed by atoms with E-state index in [0.717, 1.165) is 10.6 Å². The van der Waals surface area contributed by atoms with Gasteiger partial charge >= 0.3 is 5.97 Å². The smallest absolute Gasteiger partial charge is 0.311 e. The highest BCUT2D eigenvalue weighted by Crippen LogP contribution is 2.23. The van der Waals surface area contributed by atoms with Crippen molar-refractivity contribution in [2.24, 2.45) is 5.92 Å². The van der Waals surface area contributed by atoms with Gasteiger partial charge in [0, 0.05) is 22.7 Å². The summed E-state index contributed by atoms with van der Waals surface area (Å²) < 4.78 is 5.05. The Morgan fingerprint density at radius 2 is 1.82 bits per heavy atom. The van der Waals surface area contributed by atoms with Gasteiger partial charge in [0.25, 0.3) is 11.8 Å². The number of hydrogen-bond donors (Lipinski definition) is 2. The molecule has 2 aromatic rings. The molecule has 33 heavy (non-hydrogen) atoms. The van der Waals surface area contributed by atoms with E-state index in [1.54, 1.807) is 36.4 Å². The number of carbonyl (C=O) groups excluding carboxylic acids is 4. The summed E-state index contributed by atoms with van der Waals surface area (Å²) in [7, 11) is 0. The van der Waals surface area contributed by atoms with Crippen molar-refractivity contribution in [1.82, 2.24) is 10.4 Å². The van der Waals surface area contributed by atoms with E-state index in [2.05, 4.69) is 31.5 Å². The van der Waals surface area contributed by atoms with E-state index in [4.69, 9.17) is 16.3 Å². The van der Waals surface area contributed by atoms with Crippen LogP contribution in [-0.4, -0.2) is 41.9 Å². The first kappa shape index (κ1) is 24.3. The van der Waals surface area contributed by atoms with Crippen molar-refractivity contribution < 1.29 is 23.9 Å². The molecule has 0 spiro atoms. The maximum absolute atomic E-state index is 12.5. The summed E-state index contributed by atoms with van der Waals surface area (Å²) >= 11 is 5.87. The predicted octanol–water partition coefficient (Wildman–Crippen LogP) is 3.31. The molecule has 1 fully saturated rings. The number of hydrazine groups is 1. The molecule has 8 nitrogen and oxygen atoms in total. The fourth-order valence-electron chi connectivity index (χ4n) is 3.30. The summed E-state index contributed by atoms with van der Waals surface area (Å²) in [5.74, 6) is -2.84. The summed E-state index contributed by atoms with van der Waals surface area (Å²) in [5, 5.41) is 4.14. The molecular weight excluding hydrogens is 446 g/mol. The normalized spacial score (nSPS) is 15.8. The van der Waals surface area contributed by atoms with Crippen LogP contribution in [0.1, 0.15) is 43.1 Å². The number of rotatable bonds is 6. The van der Waals surface area contributed by atoms with Gasteiger partial charge in [-0.1, -0.05) is 50.6 Å². The molecule has 3 rings (SSSR count). The minimum absolute atomic E-state index is 0.0284. The Balaban J connectivity index is 1.49. The quantitative estimate of drug-likeness (QED) is 0.629. The fraction of sp³-hybridized carbons (Fsp3) is 0.333. The van der Waals surface area contributed by atoms with Crippen molar-refractivity contribution in [3.63, 3.8) is 0 Å². The van der Waals surface area contributed by atoms with Crippen LogP contribution in [0, 0.1) is 5.92 Å². The van der Waals surface area contributed by atoms with Crippen LogP contribution in [0.15, 0.2) is 48.5 Å². The molecule has 2 N–H and O–H groups in total. The molecule has 3 amide bonds. The van der Waals surface area contributed by atoms with Gasteiger partial charge in [-0.2, -0.15) is 0 Å². The first-order chi connectivity index (χ1) is 15.5. The largest absolute Gasteiger partial charge is 0.455 e. The molecule has 2 aromatic carbocycles. The van der Waals surface area contributed by atoms with Crippen molar-refractivity contribution in [3.05, 3.63) is 64.7 Å². The van der Waals surface area contributed by atoms with Crippen LogP contribution in [0.5, 0.6) is 0 Å². The van der Waals surface area contributed by atoms with Gasteiger partial charge in [-0.15, -0.1) is 0 Å². The maximum Gasteiger partial charge on any atom is 0.311 e. The number of halogens is 1. The lowest BCUT2D eigenvalue weighted by Crippen LogP contribution is -2.43. The molecular formula is C24H26ClN3O5. The zero-order chi connectivity index (χ0) is 24.2. The summed E-state index contributed by atoms with van der Waals surface area (Å²) in [6.45, 7) is 5.70. The molecule has 9 heteroatoms. The van der Waals surface area contributed by atoms with Gasteiger partial charge in [0.15, 0.2) is 6.61 Å². The molecule has 1 atom stereocenters. The third-order valence-corrected chi connectivity index (χ3v) is 5.40. The van der Waals surface area contributed by atoms with Gasteiger partial charge in [0.05, 0.1) is 12.5 Å². The predicted molar refractivity (Wildman–Crippen MR) is 123 cm³/mol. The van der Waals surface area contributed by atoms with Gasteiger partial charge in [-0.3, -0.25) is 29.6 Å². The van der Waals surface area contributed by atoms with Gasteiger partial charge < -0.3 is 10.1 Å².